The van der Waals surface area contributed by atoms with Crippen LogP contribution in [0, 0.1) is 0 Å². The van der Waals surface area contributed by atoms with E-state index in [2.05, 4.69) is 67.8 Å². The summed E-state index contributed by atoms with van der Waals surface area (Å²) in [6.45, 7) is 3.99. The summed E-state index contributed by atoms with van der Waals surface area (Å²) >= 11 is 0. The average Bonchev–Trinajstić information content (AvgIpc) is 3.15. The maximum Gasteiger partial charge on any atom is 0.249 e. The van der Waals surface area contributed by atoms with E-state index in [0.29, 0.717) is 19.3 Å². The monoisotopic (exact) mass is 732 g/mol. The molecule has 0 radical (unpaired) electrons. The highest BCUT2D eigenvalue weighted by Gasteiger charge is 2.28. The molecule has 0 saturated carbocycles. The molecule has 6 heteroatoms. The van der Waals surface area contributed by atoms with Crippen LogP contribution in [-0.4, -0.2) is 57.3 Å². The first-order chi connectivity index (χ1) is 25.5. The van der Waals surface area contributed by atoms with Crippen LogP contribution in [-0.2, 0) is 4.79 Å². The van der Waals surface area contributed by atoms with Crippen molar-refractivity contribution in [2.24, 2.45) is 0 Å². The largest absolute Gasteiger partial charge is 0.394 e. The summed E-state index contributed by atoms with van der Waals surface area (Å²) in [6, 6.07) is -1.02. The van der Waals surface area contributed by atoms with Gasteiger partial charge in [0.25, 0.3) is 0 Å². The first kappa shape index (κ1) is 50.3. The van der Waals surface area contributed by atoms with Crippen LogP contribution in [0.4, 0.5) is 0 Å². The van der Waals surface area contributed by atoms with Crippen molar-refractivity contribution in [2.75, 3.05) is 6.61 Å². The van der Waals surface area contributed by atoms with Gasteiger partial charge in [0, 0.05) is 0 Å². The molecule has 0 rings (SSSR count). The third-order valence-corrected chi connectivity index (χ3v) is 10.0. The fourth-order valence-electron chi connectivity index (χ4n) is 6.47. The summed E-state index contributed by atoms with van der Waals surface area (Å²) in [5.41, 5.74) is 0. The third-order valence-electron chi connectivity index (χ3n) is 10.0. The number of nitrogens with one attached hydrogen (secondary N) is 1. The van der Waals surface area contributed by atoms with Gasteiger partial charge in [-0.1, -0.05) is 178 Å². The SMILES string of the molecule is CCCCC/C=C\C=C/CCCCCCCC(O)C(=O)NC(CO)C(O)C(O)CCC/C=C/CC/C=C/CCCCCCCCCCCCCCC. The second-order valence-electron chi connectivity index (χ2n) is 15.1. The molecule has 1 amide bonds. The number of rotatable bonds is 39. The van der Waals surface area contributed by atoms with Crippen LogP contribution < -0.4 is 5.32 Å². The predicted molar refractivity (Wildman–Crippen MR) is 223 cm³/mol. The van der Waals surface area contributed by atoms with Crippen molar-refractivity contribution in [3.63, 3.8) is 0 Å². The van der Waals surface area contributed by atoms with Gasteiger partial charge in [-0.15, -0.1) is 0 Å². The predicted octanol–water partition coefficient (Wildman–Crippen LogP) is 11.5. The quantitative estimate of drug-likeness (QED) is 0.0246. The number of carbonyl (C=O) groups is 1. The van der Waals surface area contributed by atoms with Gasteiger partial charge in [-0.25, -0.2) is 0 Å². The molecule has 0 saturated heterocycles. The van der Waals surface area contributed by atoms with E-state index in [-0.39, 0.29) is 0 Å². The molecule has 0 aliphatic rings. The zero-order valence-corrected chi connectivity index (χ0v) is 34.0. The lowest BCUT2D eigenvalue weighted by Crippen LogP contribution is -2.53. The molecule has 4 atom stereocenters. The van der Waals surface area contributed by atoms with Crippen LogP contribution >= 0.6 is 0 Å². The van der Waals surface area contributed by atoms with E-state index in [9.17, 15) is 25.2 Å². The second kappa shape index (κ2) is 40.5. The minimum atomic E-state index is -1.30. The van der Waals surface area contributed by atoms with E-state index in [1.165, 1.54) is 109 Å². The molecule has 0 aromatic carbocycles. The molecule has 0 spiro atoms. The van der Waals surface area contributed by atoms with E-state index in [0.717, 1.165) is 64.2 Å². The summed E-state index contributed by atoms with van der Waals surface area (Å²) in [5.74, 6) is -0.612. The van der Waals surface area contributed by atoms with E-state index in [1.807, 2.05) is 0 Å². The zero-order chi connectivity index (χ0) is 38.2. The van der Waals surface area contributed by atoms with Gasteiger partial charge in [-0.2, -0.15) is 0 Å². The lowest BCUT2D eigenvalue weighted by Gasteiger charge is -2.27. The number of carbonyl (C=O) groups excluding carboxylic acids is 1. The van der Waals surface area contributed by atoms with Crippen LogP contribution in [0.3, 0.4) is 0 Å². The molecule has 0 bridgehead atoms. The number of aliphatic hydroxyl groups is 4. The minimum absolute atomic E-state index is 0.340. The van der Waals surface area contributed by atoms with Gasteiger partial charge in [-0.3, -0.25) is 4.79 Å². The molecule has 0 aliphatic heterocycles. The van der Waals surface area contributed by atoms with Gasteiger partial charge in [0.2, 0.25) is 5.91 Å². The number of hydrogen-bond donors (Lipinski definition) is 5. The normalized spacial score (nSPS) is 14.7. The summed E-state index contributed by atoms with van der Waals surface area (Å²) in [5, 5.41) is 43.6. The van der Waals surface area contributed by atoms with E-state index >= 15 is 0 Å². The Balaban J connectivity index is 3.83. The molecular formula is C46H85NO5. The standard InChI is InChI=1S/C46H85NO5/c1-3-5-7-9-11-13-15-17-19-20-21-22-23-24-25-26-28-29-31-33-35-37-39-43(49)45(51)42(41-48)47-46(52)44(50)40-38-36-34-32-30-27-18-16-14-12-10-8-6-4-2/h12,14,16,18,25-26,31,33,42-45,48-51H,3-11,13,15,17,19-24,27-30,32,34-41H2,1-2H3,(H,47,52)/b14-12-,18-16-,26-25+,33-31+. The van der Waals surface area contributed by atoms with Gasteiger partial charge >= 0.3 is 0 Å². The Morgan fingerprint density at radius 1 is 0.481 bits per heavy atom. The lowest BCUT2D eigenvalue weighted by atomic mass is 10.00. The van der Waals surface area contributed by atoms with E-state index in [1.54, 1.807) is 0 Å². The van der Waals surface area contributed by atoms with Crippen molar-refractivity contribution in [1.82, 2.24) is 5.32 Å². The molecule has 52 heavy (non-hydrogen) atoms. The van der Waals surface area contributed by atoms with Gasteiger partial charge in [0.15, 0.2) is 0 Å². The number of hydrogen-bond acceptors (Lipinski definition) is 5. The summed E-state index contributed by atoms with van der Waals surface area (Å²) in [7, 11) is 0. The molecule has 6 nitrogen and oxygen atoms in total. The second-order valence-corrected chi connectivity index (χ2v) is 15.1. The molecule has 0 fully saturated rings. The first-order valence-corrected chi connectivity index (χ1v) is 22.0. The van der Waals surface area contributed by atoms with E-state index in [4.69, 9.17) is 0 Å². The Morgan fingerprint density at radius 3 is 1.37 bits per heavy atom. The number of unbranched alkanes of at least 4 members (excludes halogenated alkanes) is 23. The molecular weight excluding hydrogens is 647 g/mol. The Morgan fingerprint density at radius 2 is 0.865 bits per heavy atom. The molecule has 304 valence electrons. The van der Waals surface area contributed by atoms with Crippen LogP contribution in [0.1, 0.15) is 206 Å². The Bertz CT molecular complexity index is 869. The molecule has 0 aromatic heterocycles. The fraction of sp³-hybridized carbons (Fsp3) is 0.804. The maximum absolute atomic E-state index is 12.5. The van der Waals surface area contributed by atoms with Crippen molar-refractivity contribution in [1.29, 1.82) is 0 Å². The number of amides is 1. The van der Waals surface area contributed by atoms with Crippen molar-refractivity contribution in [3.05, 3.63) is 48.6 Å². The highest BCUT2D eigenvalue weighted by atomic mass is 16.3. The smallest absolute Gasteiger partial charge is 0.249 e. The maximum atomic E-state index is 12.5. The molecule has 0 aromatic rings. The van der Waals surface area contributed by atoms with Crippen molar-refractivity contribution < 1.29 is 25.2 Å². The summed E-state index contributed by atoms with van der Waals surface area (Å²) < 4.78 is 0. The number of allylic oxidation sites excluding steroid dienone is 8. The first-order valence-electron chi connectivity index (χ1n) is 22.0. The number of aliphatic hydroxyl groups excluding tert-OH is 4. The van der Waals surface area contributed by atoms with Crippen molar-refractivity contribution in [3.8, 4) is 0 Å². The van der Waals surface area contributed by atoms with Crippen LogP contribution in [0.15, 0.2) is 48.6 Å². The molecule has 4 unspecified atom stereocenters. The third kappa shape index (κ3) is 34.1. The zero-order valence-electron chi connectivity index (χ0n) is 34.0. The summed E-state index contributed by atoms with van der Waals surface area (Å²) in [4.78, 5) is 12.5. The van der Waals surface area contributed by atoms with Crippen LogP contribution in [0.25, 0.3) is 0 Å². The minimum Gasteiger partial charge on any atom is -0.394 e. The average molecular weight is 732 g/mol. The Labute approximate surface area is 321 Å². The topological polar surface area (TPSA) is 110 Å². The molecule has 0 aliphatic carbocycles. The highest BCUT2D eigenvalue weighted by molar-refractivity contribution is 5.80. The van der Waals surface area contributed by atoms with Crippen molar-refractivity contribution >= 4 is 5.91 Å². The van der Waals surface area contributed by atoms with Gasteiger partial charge < -0.3 is 25.7 Å². The Hall–Kier alpha value is -1.73. The molecule has 0 heterocycles. The van der Waals surface area contributed by atoms with Gasteiger partial charge in [0.1, 0.15) is 12.2 Å². The van der Waals surface area contributed by atoms with Crippen molar-refractivity contribution in [2.45, 2.75) is 231 Å². The van der Waals surface area contributed by atoms with Gasteiger partial charge in [0.05, 0.1) is 18.8 Å². The van der Waals surface area contributed by atoms with Crippen LogP contribution in [0.2, 0.25) is 0 Å². The summed E-state index contributed by atoms with van der Waals surface area (Å²) in [6.07, 6.45) is 48.6. The van der Waals surface area contributed by atoms with Gasteiger partial charge in [-0.05, 0) is 77.0 Å². The lowest BCUT2D eigenvalue weighted by molar-refractivity contribution is -0.132. The Kier molecular flexibility index (Phi) is 39.1. The van der Waals surface area contributed by atoms with E-state index < -0.39 is 36.9 Å². The molecule has 5 N–H and O–H groups in total. The highest BCUT2D eigenvalue weighted by Crippen LogP contribution is 2.14. The van der Waals surface area contributed by atoms with Crippen LogP contribution in [0.5, 0.6) is 0 Å². The fourth-order valence-corrected chi connectivity index (χ4v) is 6.47.